The zero-order valence-corrected chi connectivity index (χ0v) is 31.0. The van der Waals surface area contributed by atoms with Crippen LogP contribution < -0.4 is 0 Å². The lowest BCUT2D eigenvalue weighted by atomic mass is 9.43. The molecule has 2 saturated heterocycles. The third-order valence-electron chi connectivity index (χ3n) is 14.7. The normalized spacial score (nSPS) is 52.5. The first kappa shape index (κ1) is 39.5. The van der Waals surface area contributed by atoms with E-state index in [1.54, 1.807) is 13.8 Å². The number of cyclic esters (lactones) is 1. The maximum Gasteiger partial charge on any atom is 0.331 e. The first-order valence-corrected chi connectivity index (χ1v) is 19.5. The minimum Gasteiger partial charge on any atom is -0.462 e. The number of ether oxygens (including phenoxy) is 6. The Kier molecular flexibility index (Phi) is 10.9. The molecule has 300 valence electrons. The molecule has 0 spiro atoms. The van der Waals surface area contributed by atoms with Gasteiger partial charge in [-0.1, -0.05) is 20.8 Å². The quantitative estimate of drug-likeness (QED) is 0.130. The van der Waals surface area contributed by atoms with Crippen LogP contribution in [-0.2, 0) is 38.0 Å². The number of hydrogen-bond donors (Lipinski definition) is 7. The summed E-state index contributed by atoms with van der Waals surface area (Å²) in [7, 11) is 0. The van der Waals surface area contributed by atoms with E-state index in [2.05, 4.69) is 13.8 Å². The molecule has 0 aromatic rings. The molecule has 53 heavy (non-hydrogen) atoms. The fourth-order valence-electron chi connectivity index (χ4n) is 11.7. The van der Waals surface area contributed by atoms with Gasteiger partial charge >= 0.3 is 11.9 Å². The highest BCUT2D eigenvalue weighted by atomic mass is 16.7. The van der Waals surface area contributed by atoms with Crippen molar-refractivity contribution in [2.24, 2.45) is 34.5 Å². The lowest BCUT2D eigenvalue weighted by Crippen LogP contribution is -2.64. The van der Waals surface area contributed by atoms with Gasteiger partial charge in [0.15, 0.2) is 12.6 Å². The largest absolute Gasteiger partial charge is 0.462 e. The molecule has 0 aromatic heterocycles. The predicted octanol–water partition coefficient (Wildman–Crippen LogP) is 0.212. The Hall–Kier alpha value is -1.76. The van der Waals surface area contributed by atoms with Crippen LogP contribution in [0.4, 0.5) is 0 Å². The van der Waals surface area contributed by atoms with E-state index in [1.165, 1.54) is 6.08 Å². The predicted molar refractivity (Wildman–Crippen MR) is 181 cm³/mol. The molecule has 4 aliphatic carbocycles. The lowest BCUT2D eigenvalue weighted by molar-refractivity contribution is -0.360. The maximum absolute atomic E-state index is 12.9. The van der Waals surface area contributed by atoms with Crippen molar-refractivity contribution in [3.05, 3.63) is 11.6 Å². The molecule has 4 saturated carbocycles. The van der Waals surface area contributed by atoms with Gasteiger partial charge in [0.05, 0.1) is 24.4 Å². The molecule has 0 amide bonds. The van der Waals surface area contributed by atoms with Crippen LogP contribution in [0.1, 0.15) is 85.5 Å². The van der Waals surface area contributed by atoms with Crippen molar-refractivity contribution in [2.75, 3.05) is 13.2 Å². The van der Waals surface area contributed by atoms with Crippen LogP contribution in [0.5, 0.6) is 0 Å². The molecule has 19 atom stereocenters. The van der Waals surface area contributed by atoms with Crippen molar-refractivity contribution in [1.82, 2.24) is 0 Å². The summed E-state index contributed by atoms with van der Waals surface area (Å²) in [5.41, 5.74) is -1.01. The van der Waals surface area contributed by atoms with E-state index >= 15 is 0 Å². The minimum atomic E-state index is -1.68. The third-order valence-corrected chi connectivity index (χ3v) is 14.7. The minimum absolute atomic E-state index is 0.0217. The van der Waals surface area contributed by atoms with E-state index < -0.39 is 91.1 Å². The molecule has 15 heteroatoms. The van der Waals surface area contributed by atoms with Crippen molar-refractivity contribution >= 4 is 11.9 Å². The SMILES string of the molecule is CCC(=O)OC1CC2(O)C3CCC4CC(OC5OC(C)C(OC6OC(CO)C(O)C(O)C6O)C(O)C5O)CCC4(C)C3CCC2(C)C1C1=CC(=O)OC1. The monoisotopic (exact) mass is 754 g/mol. The van der Waals surface area contributed by atoms with Crippen LogP contribution in [0.2, 0.25) is 0 Å². The van der Waals surface area contributed by atoms with Crippen LogP contribution in [0, 0.1) is 34.5 Å². The van der Waals surface area contributed by atoms with E-state index in [9.17, 15) is 45.3 Å². The molecule has 3 aliphatic heterocycles. The Morgan fingerprint density at radius 2 is 1.62 bits per heavy atom. The van der Waals surface area contributed by atoms with Gasteiger partial charge in [0.1, 0.15) is 55.4 Å². The highest BCUT2D eigenvalue weighted by molar-refractivity contribution is 5.85. The molecule has 6 fully saturated rings. The Bertz CT molecular complexity index is 1410. The van der Waals surface area contributed by atoms with E-state index in [-0.39, 0.29) is 54.2 Å². The fourth-order valence-corrected chi connectivity index (χ4v) is 11.7. The summed E-state index contributed by atoms with van der Waals surface area (Å²) >= 11 is 0. The van der Waals surface area contributed by atoms with Crippen LogP contribution in [0.15, 0.2) is 11.6 Å². The van der Waals surface area contributed by atoms with Gasteiger partial charge in [-0.15, -0.1) is 0 Å². The number of carbonyl (C=O) groups is 2. The molecule has 0 radical (unpaired) electrons. The average Bonchev–Trinajstić information content (AvgIpc) is 3.65. The Morgan fingerprint density at radius 3 is 2.30 bits per heavy atom. The molecule has 7 N–H and O–H groups in total. The Balaban J connectivity index is 1.01. The standard InChI is InChI=1S/C38H58O15/c1-5-25(40)51-23-14-38(47)22-7-6-19-13-20(8-10-36(19,3)21(22)9-11-37(38,4)27(23)18-12-26(41)48-16-18)50-34-32(46)30(44)33(17(2)49-34)53-35-31(45)29(43)28(42)24(15-39)52-35/h12,17,19-24,27-35,39,42-47H,5-11,13-16H2,1-4H3. The maximum atomic E-state index is 12.9. The number of esters is 2. The third kappa shape index (κ3) is 6.49. The van der Waals surface area contributed by atoms with Crippen LogP contribution >= 0.6 is 0 Å². The number of aliphatic hydroxyl groups is 7. The van der Waals surface area contributed by atoms with Crippen molar-refractivity contribution < 1.29 is 73.8 Å². The van der Waals surface area contributed by atoms with Gasteiger partial charge in [-0.05, 0) is 80.6 Å². The van der Waals surface area contributed by atoms with E-state index in [0.29, 0.717) is 25.7 Å². The molecule has 7 aliphatic rings. The highest BCUT2D eigenvalue weighted by Gasteiger charge is 2.71. The Morgan fingerprint density at radius 1 is 0.906 bits per heavy atom. The number of rotatable bonds is 8. The Labute approximate surface area is 309 Å². The summed E-state index contributed by atoms with van der Waals surface area (Å²) in [4.78, 5) is 24.7. The molecule has 0 aromatic carbocycles. The van der Waals surface area contributed by atoms with Gasteiger partial charge in [-0.25, -0.2) is 4.79 Å². The zero-order chi connectivity index (χ0) is 38.2. The molecule has 15 nitrogen and oxygen atoms in total. The number of hydrogen-bond acceptors (Lipinski definition) is 15. The molecular weight excluding hydrogens is 696 g/mol. The van der Waals surface area contributed by atoms with E-state index in [1.807, 2.05) is 0 Å². The topological polar surface area (TPSA) is 231 Å². The van der Waals surface area contributed by atoms with Crippen LogP contribution in [0.3, 0.4) is 0 Å². The number of aliphatic hydroxyl groups excluding tert-OH is 6. The van der Waals surface area contributed by atoms with E-state index in [4.69, 9.17) is 28.4 Å². The molecular formula is C38H58O15. The van der Waals surface area contributed by atoms with Crippen molar-refractivity contribution in [2.45, 2.75) is 165 Å². The van der Waals surface area contributed by atoms with Gasteiger partial charge in [0, 0.05) is 30.3 Å². The summed E-state index contributed by atoms with van der Waals surface area (Å²) in [6.07, 6.45) is -7.08. The zero-order valence-electron chi connectivity index (χ0n) is 31.0. The second kappa shape index (κ2) is 14.6. The lowest BCUT2D eigenvalue weighted by Gasteiger charge is -2.63. The summed E-state index contributed by atoms with van der Waals surface area (Å²) in [5.74, 6) is -0.575. The van der Waals surface area contributed by atoms with Gasteiger partial charge < -0.3 is 64.2 Å². The van der Waals surface area contributed by atoms with E-state index in [0.717, 1.165) is 31.3 Å². The van der Waals surface area contributed by atoms with Gasteiger partial charge in [0.2, 0.25) is 0 Å². The summed E-state index contributed by atoms with van der Waals surface area (Å²) < 4.78 is 34.9. The summed E-state index contributed by atoms with van der Waals surface area (Å²) in [6.45, 7) is 7.30. The molecule has 7 rings (SSSR count). The van der Waals surface area contributed by atoms with Crippen LogP contribution in [0.25, 0.3) is 0 Å². The van der Waals surface area contributed by atoms with Crippen molar-refractivity contribution in [3.63, 3.8) is 0 Å². The second-order valence-corrected chi connectivity index (χ2v) is 17.3. The molecule has 0 bridgehead atoms. The van der Waals surface area contributed by atoms with Gasteiger partial charge in [-0.2, -0.15) is 0 Å². The highest BCUT2D eigenvalue weighted by Crippen LogP contribution is 2.70. The van der Waals surface area contributed by atoms with Crippen LogP contribution in [-0.4, -0.2) is 140 Å². The number of carbonyl (C=O) groups excluding carboxylic acids is 2. The smallest absolute Gasteiger partial charge is 0.331 e. The fraction of sp³-hybridized carbons (Fsp3) is 0.895. The summed E-state index contributed by atoms with van der Waals surface area (Å²) in [5, 5.41) is 75.3. The average molecular weight is 755 g/mol. The van der Waals surface area contributed by atoms with Crippen molar-refractivity contribution in [3.8, 4) is 0 Å². The second-order valence-electron chi connectivity index (χ2n) is 17.3. The molecule has 3 heterocycles. The van der Waals surface area contributed by atoms with Gasteiger partial charge in [-0.3, -0.25) is 4.79 Å². The van der Waals surface area contributed by atoms with Gasteiger partial charge in [0.25, 0.3) is 0 Å². The summed E-state index contributed by atoms with van der Waals surface area (Å²) in [6, 6.07) is 0. The number of fused-ring (bicyclic) bond motifs is 5. The first-order valence-electron chi connectivity index (χ1n) is 19.5. The van der Waals surface area contributed by atoms with Crippen molar-refractivity contribution in [1.29, 1.82) is 0 Å². The first-order chi connectivity index (χ1) is 25.1. The molecule has 19 unspecified atom stereocenters.